The first kappa shape index (κ1) is 8.61. The van der Waals surface area contributed by atoms with Crippen molar-refractivity contribution in [2.24, 2.45) is 0 Å². The molecular formula is C5H7BN2O2. The van der Waals surface area contributed by atoms with E-state index in [0.29, 0.717) is 0 Å². The number of rotatable bonds is 1. The van der Waals surface area contributed by atoms with E-state index in [4.69, 9.17) is 0 Å². The van der Waals surface area contributed by atoms with Crippen LogP contribution in [0.25, 0.3) is 0 Å². The molecule has 1 aromatic heterocycles. The Morgan fingerprint density at radius 1 is 1.40 bits per heavy atom. The van der Waals surface area contributed by atoms with Crippen molar-refractivity contribution >= 4 is 14.1 Å². The van der Waals surface area contributed by atoms with Gasteiger partial charge < -0.3 is 0 Å². The average molecular weight is 138 g/mol. The van der Waals surface area contributed by atoms with Gasteiger partial charge in [0.15, 0.2) is 0 Å². The molecule has 0 N–H and O–H groups in total. The summed E-state index contributed by atoms with van der Waals surface area (Å²) >= 11 is 0. The predicted molar refractivity (Wildman–Crippen MR) is 40.8 cm³/mol. The zero-order valence-corrected chi connectivity index (χ0v) is 4.52. The van der Waals surface area contributed by atoms with Crippen LogP contribution in [0.15, 0.2) is 24.5 Å². The monoisotopic (exact) mass is 138 g/mol. The van der Waals surface area contributed by atoms with E-state index in [1.165, 1.54) is 24.5 Å². The lowest BCUT2D eigenvalue weighted by atomic mass is 10.4. The molecule has 1 heterocycles. The molecule has 0 bridgehead atoms. The molecule has 0 spiro atoms. The summed E-state index contributed by atoms with van der Waals surface area (Å²) in [4.78, 5) is 13.1. The highest BCUT2D eigenvalue weighted by Gasteiger charge is 1.99. The second-order valence-corrected chi connectivity index (χ2v) is 1.46. The summed E-state index contributed by atoms with van der Waals surface area (Å²) in [6.07, 6.45) is 2.77. The molecule has 0 atom stereocenters. The van der Waals surface area contributed by atoms with E-state index in [0.717, 1.165) is 0 Å². The van der Waals surface area contributed by atoms with Gasteiger partial charge in [0.2, 0.25) is 0 Å². The summed E-state index contributed by atoms with van der Waals surface area (Å²) in [7, 11) is 0. The third-order valence-corrected chi connectivity index (χ3v) is 0.874. The minimum Gasteiger partial charge on any atom is -0.264 e. The summed E-state index contributed by atoms with van der Waals surface area (Å²) < 4.78 is 0. The van der Waals surface area contributed by atoms with Crippen molar-refractivity contribution in [1.82, 2.24) is 4.98 Å². The molecule has 10 heavy (non-hydrogen) atoms. The normalized spacial score (nSPS) is 8.00. The van der Waals surface area contributed by atoms with E-state index in [1.807, 2.05) is 0 Å². The zero-order valence-electron chi connectivity index (χ0n) is 4.52. The standard InChI is InChI=1S/C5H4N2O2.BH3/c8-7(9)5-1-3-6-4-2-5;/h1-4H;1H3. The maximum atomic E-state index is 9.98. The van der Waals surface area contributed by atoms with E-state index in [9.17, 15) is 10.1 Å². The fourth-order valence-corrected chi connectivity index (χ4v) is 0.466. The zero-order chi connectivity index (χ0) is 6.69. The lowest BCUT2D eigenvalue weighted by molar-refractivity contribution is -0.384. The van der Waals surface area contributed by atoms with Crippen LogP contribution in [0.3, 0.4) is 0 Å². The maximum absolute atomic E-state index is 9.98. The van der Waals surface area contributed by atoms with Gasteiger partial charge in [-0.3, -0.25) is 15.1 Å². The third-order valence-electron chi connectivity index (χ3n) is 0.874. The Hall–Kier alpha value is -1.39. The second-order valence-electron chi connectivity index (χ2n) is 1.46. The van der Waals surface area contributed by atoms with Crippen LogP contribution in [0.4, 0.5) is 5.69 Å². The van der Waals surface area contributed by atoms with E-state index >= 15 is 0 Å². The Balaban J connectivity index is 0.000000810. The second kappa shape index (κ2) is 3.60. The molecule has 4 nitrogen and oxygen atoms in total. The van der Waals surface area contributed by atoms with Gasteiger partial charge in [-0.1, -0.05) is 0 Å². The third kappa shape index (κ3) is 1.85. The van der Waals surface area contributed by atoms with Crippen LogP contribution < -0.4 is 0 Å². The van der Waals surface area contributed by atoms with Gasteiger partial charge in [0, 0.05) is 24.5 Å². The number of pyridine rings is 1. The summed E-state index contributed by atoms with van der Waals surface area (Å²) in [5.41, 5.74) is 0.0741. The van der Waals surface area contributed by atoms with Crippen molar-refractivity contribution in [3.8, 4) is 0 Å². The molecule has 5 heteroatoms. The molecule has 1 rings (SSSR count). The first-order valence-corrected chi connectivity index (χ1v) is 2.35. The molecule has 0 saturated carbocycles. The highest BCUT2D eigenvalue weighted by Crippen LogP contribution is 2.05. The molecule has 1 aromatic rings. The van der Waals surface area contributed by atoms with Crippen molar-refractivity contribution in [2.45, 2.75) is 0 Å². The molecule has 0 aliphatic heterocycles. The van der Waals surface area contributed by atoms with Crippen LogP contribution in [0, 0.1) is 10.1 Å². The molecule has 0 aliphatic carbocycles. The molecule has 0 aromatic carbocycles. The Labute approximate surface area is 59.6 Å². The molecule has 52 valence electrons. The number of nitro groups is 1. The number of nitrogens with zero attached hydrogens (tertiary/aromatic N) is 2. The van der Waals surface area contributed by atoms with Crippen LogP contribution in [-0.4, -0.2) is 18.3 Å². The van der Waals surface area contributed by atoms with Gasteiger partial charge in [-0.05, 0) is 0 Å². The highest BCUT2D eigenvalue weighted by molar-refractivity contribution is 5.75. The Bertz CT molecular complexity index is 214. The van der Waals surface area contributed by atoms with E-state index in [2.05, 4.69) is 4.98 Å². The van der Waals surface area contributed by atoms with Crippen LogP contribution in [0.2, 0.25) is 0 Å². The lowest BCUT2D eigenvalue weighted by Crippen LogP contribution is -1.85. The van der Waals surface area contributed by atoms with Gasteiger partial charge in [-0.2, -0.15) is 0 Å². The molecule has 0 aliphatic rings. The van der Waals surface area contributed by atoms with E-state index in [1.54, 1.807) is 0 Å². The first-order chi connectivity index (χ1) is 4.30. The lowest BCUT2D eigenvalue weighted by Gasteiger charge is -1.84. The largest absolute Gasteiger partial charge is 0.272 e. The Morgan fingerprint density at radius 2 is 1.90 bits per heavy atom. The SMILES string of the molecule is B.O=[N+]([O-])c1ccncc1. The molecule has 0 fully saturated rings. The topological polar surface area (TPSA) is 56.0 Å². The van der Waals surface area contributed by atoms with Gasteiger partial charge >= 0.3 is 0 Å². The van der Waals surface area contributed by atoms with Crippen molar-refractivity contribution in [3.63, 3.8) is 0 Å². The number of aromatic nitrogens is 1. The van der Waals surface area contributed by atoms with Gasteiger partial charge in [0.1, 0.15) is 0 Å². The predicted octanol–water partition coefficient (Wildman–Crippen LogP) is -0.194. The highest BCUT2D eigenvalue weighted by atomic mass is 16.6. The fraction of sp³-hybridized carbons (Fsp3) is 0. The number of hydrogen-bond donors (Lipinski definition) is 0. The Morgan fingerprint density at radius 3 is 2.20 bits per heavy atom. The summed E-state index contributed by atoms with van der Waals surface area (Å²) in [6, 6.07) is 2.69. The average Bonchev–Trinajstić information content (AvgIpc) is 1.90. The van der Waals surface area contributed by atoms with Gasteiger partial charge in [0.25, 0.3) is 5.69 Å². The van der Waals surface area contributed by atoms with Crippen molar-refractivity contribution in [2.75, 3.05) is 0 Å². The number of hydrogen-bond acceptors (Lipinski definition) is 3. The summed E-state index contributed by atoms with van der Waals surface area (Å²) in [5, 5.41) is 9.98. The van der Waals surface area contributed by atoms with Crippen molar-refractivity contribution in [1.29, 1.82) is 0 Å². The molecule has 0 radical (unpaired) electrons. The molecule has 0 amide bonds. The van der Waals surface area contributed by atoms with Gasteiger partial charge in [-0.15, -0.1) is 0 Å². The molecular weight excluding hydrogens is 131 g/mol. The molecule has 0 unspecified atom stereocenters. The minimum absolute atomic E-state index is 0. The fourth-order valence-electron chi connectivity index (χ4n) is 0.466. The van der Waals surface area contributed by atoms with Crippen LogP contribution >= 0.6 is 0 Å². The van der Waals surface area contributed by atoms with Crippen molar-refractivity contribution in [3.05, 3.63) is 34.6 Å². The summed E-state index contributed by atoms with van der Waals surface area (Å²) in [5.74, 6) is 0. The maximum Gasteiger partial charge on any atom is 0.272 e. The summed E-state index contributed by atoms with van der Waals surface area (Å²) in [6.45, 7) is 0. The van der Waals surface area contributed by atoms with Crippen LogP contribution in [0.1, 0.15) is 0 Å². The van der Waals surface area contributed by atoms with Gasteiger partial charge in [-0.25, -0.2) is 0 Å². The minimum atomic E-state index is -0.457. The van der Waals surface area contributed by atoms with Gasteiger partial charge in [0.05, 0.1) is 13.3 Å². The van der Waals surface area contributed by atoms with Crippen LogP contribution in [-0.2, 0) is 0 Å². The quantitative estimate of drug-likeness (QED) is 0.307. The smallest absolute Gasteiger partial charge is 0.264 e. The van der Waals surface area contributed by atoms with Crippen LogP contribution in [0.5, 0.6) is 0 Å². The van der Waals surface area contributed by atoms with E-state index < -0.39 is 4.92 Å². The molecule has 0 saturated heterocycles. The van der Waals surface area contributed by atoms with E-state index in [-0.39, 0.29) is 14.1 Å². The first-order valence-electron chi connectivity index (χ1n) is 2.35. The Kier molecular flexibility index (Phi) is 3.11. The van der Waals surface area contributed by atoms with Crippen molar-refractivity contribution < 1.29 is 4.92 Å².